The molecule has 0 unspecified atom stereocenters. The maximum Gasteiger partial charge on any atom is 0.338 e. The van der Waals surface area contributed by atoms with Crippen LogP contribution in [0.25, 0.3) is 6.08 Å². The van der Waals surface area contributed by atoms with E-state index in [4.69, 9.17) is 4.74 Å². The molecule has 3 heteroatoms. The lowest BCUT2D eigenvalue weighted by molar-refractivity contribution is -0.00195. The predicted octanol–water partition coefficient (Wildman–Crippen LogP) is 7.77. The van der Waals surface area contributed by atoms with Gasteiger partial charge in [-0.3, -0.25) is 0 Å². The van der Waals surface area contributed by atoms with Gasteiger partial charge in [-0.2, -0.15) is 0 Å². The van der Waals surface area contributed by atoms with Gasteiger partial charge in [0.05, 0.1) is 5.56 Å². The van der Waals surface area contributed by atoms with E-state index in [2.05, 4.69) is 101 Å². The first-order valence-electron chi connectivity index (χ1n) is 12.0. The highest BCUT2D eigenvalue weighted by Crippen LogP contribution is 2.56. The zero-order valence-electron chi connectivity index (χ0n) is 19.3. The van der Waals surface area contributed by atoms with Crippen molar-refractivity contribution in [3.8, 4) is 0 Å². The summed E-state index contributed by atoms with van der Waals surface area (Å²) in [5.41, 5.74) is 7.78. The smallest absolute Gasteiger partial charge is 0.338 e. The van der Waals surface area contributed by atoms with Crippen molar-refractivity contribution >= 4 is 28.0 Å². The number of fused-ring (bicyclic) bond motifs is 2. The molecule has 0 N–H and O–H groups in total. The maximum atomic E-state index is 13.4. The summed E-state index contributed by atoms with van der Waals surface area (Å²) in [6.45, 7) is 0. The van der Waals surface area contributed by atoms with Crippen LogP contribution < -0.4 is 0 Å². The van der Waals surface area contributed by atoms with Crippen LogP contribution >= 0.6 is 15.9 Å². The van der Waals surface area contributed by atoms with Gasteiger partial charge in [-0.15, -0.1) is 0 Å². The molecule has 0 aliphatic heterocycles. The number of rotatable bonds is 5. The van der Waals surface area contributed by atoms with Crippen molar-refractivity contribution in [1.82, 2.24) is 0 Å². The molecule has 0 amide bonds. The molecule has 0 radical (unpaired) electrons. The third-order valence-electron chi connectivity index (χ3n) is 7.42. The Hall–Kier alpha value is -3.43. The highest BCUT2D eigenvalue weighted by molar-refractivity contribution is 9.10. The summed E-state index contributed by atoms with van der Waals surface area (Å²) >= 11 is 3.46. The van der Waals surface area contributed by atoms with Gasteiger partial charge < -0.3 is 4.74 Å². The standard InChI is InChI=1S/C32H25BrO2/c33-28-16-14-23(15-17-28)31(34)35-30-29-13-7-6-12-26(29)21-32(30,20-22-8-2-1-3-9-22)27-18-24-10-4-5-11-25(24)19-27/h1-18,30H,19-21H2/t30-,32+/m1/s1. The zero-order chi connectivity index (χ0) is 23.8. The second-order valence-electron chi connectivity index (χ2n) is 9.53. The molecule has 0 bridgehead atoms. The van der Waals surface area contributed by atoms with E-state index in [1.165, 1.54) is 27.8 Å². The monoisotopic (exact) mass is 520 g/mol. The van der Waals surface area contributed by atoms with Gasteiger partial charge in [0.1, 0.15) is 6.10 Å². The van der Waals surface area contributed by atoms with Gasteiger partial charge in [-0.25, -0.2) is 4.79 Å². The highest BCUT2D eigenvalue weighted by Gasteiger charge is 2.51. The Labute approximate surface area is 214 Å². The van der Waals surface area contributed by atoms with Crippen LogP contribution in [-0.4, -0.2) is 5.97 Å². The first-order chi connectivity index (χ1) is 17.1. The van der Waals surface area contributed by atoms with Crippen molar-refractivity contribution in [3.63, 3.8) is 0 Å². The van der Waals surface area contributed by atoms with E-state index >= 15 is 0 Å². The van der Waals surface area contributed by atoms with Gasteiger partial charge >= 0.3 is 5.97 Å². The first kappa shape index (κ1) is 22.1. The average Bonchev–Trinajstić information content (AvgIpc) is 3.45. The molecular formula is C32H25BrO2. The molecule has 0 heterocycles. The fraction of sp³-hybridized carbons (Fsp3) is 0.156. The number of benzene rings is 4. The number of ether oxygens (including phenoxy) is 1. The van der Waals surface area contributed by atoms with Crippen molar-refractivity contribution < 1.29 is 9.53 Å². The molecule has 172 valence electrons. The summed E-state index contributed by atoms with van der Waals surface area (Å²) in [7, 11) is 0. The molecule has 0 fully saturated rings. The topological polar surface area (TPSA) is 26.3 Å². The van der Waals surface area contributed by atoms with Gasteiger partial charge in [0.25, 0.3) is 0 Å². The normalized spacial score (nSPS) is 20.1. The Balaban J connectivity index is 1.47. The number of carbonyl (C=O) groups is 1. The van der Waals surface area contributed by atoms with Crippen LogP contribution in [0.1, 0.15) is 44.3 Å². The van der Waals surface area contributed by atoms with E-state index in [0.29, 0.717) is 5.56 Å². The molecule has 2 aliphatic carbocycles. The predicted molar refractivity (Wildman–Crippen MR) is 143 cm³/mol. The lowest BCUT2D eigenvalue weighted by atomic mass is 9.70. The molecule has 4 aromatic carbocycles. The second-order valence-corrected chi connectivity index (χ2v) is 10.4. The summed E-state index contributed by atoms with van der Waals surface area (Å²) in [6, 6.07) is 35.0. The quantitative estimate of drug-likeness (QED) is 0.251. The van der Waals surface area contributed by atoms with E-state index in [1.807, 2.05) is 24.3 Å². The lowest BCUT2D eigenvalue weighted by Gasteiger charge is -2.37. The number of carbonyl (C=O) groups excluding carboxylic acids is 1. The van der Waals surface area contributed by atoms with Crippen molar-refractivity contribution in [2.24, 2.45) is 5.41 Å². The molecule has 0 saturated carbocycles. The summed E-state index contributed by atoms with van der Waals surface area (Å²) < 4.78 is 7.41. The molecule has 2 aliphatic rings. The van der Waals surface area contributed by atoms with E-state index in [1.54, 1.807) is 0 Å². The third-order valence-corrected chi connectivity index (χ3v) is 7.95. The number of hydrogen-bond donors (Lipinski definition) is 0. The number of halogens is 1. The van der Waals surface area contributed by atoms with Crippen molar-refractivity contribution in [2.45, 2.75) is 25.4 Å². The molecule has 0 aromatic heterocycles. The minimum Gasteiger partial charge on any atom is -0.453 e. The SMILES string of the molecule is O=C(O[C@@H]1c2ccccc2C[C@@]1(Cc1ccccc1)C1=Cc2ccccc2C1)c1ccc(Br)cc1. The maximum absolute atomic E-state index is 13.4. The van der Waals surface area contributed by atoms with Gasteiger partial charge in [0.15, 0.2) is 0 Å². The lowest BCUT2D eigenvalue weighted by Crippen LogP contribution is -2.34. The zero-order valence-corrected chi connectivity index (χ0v) is 20.9. The minimum atomic E-state index is -0.365. The molecule has 35 heavy (non-hydrogen) atoms. The van der Waals surface area contributed by atoms with Crippen LogP contribution in [0.2, 0.25) is 0 Å². The Kier molecular flexibility index (Phi) is 5.66. The molecule has 0 saturated heterocycles. The largest absolute Gasteiger partial charge is 0.453 e. The average molecular weight is 521 g/mol. The second kappa shape index (κ2) is 8.98. The summed E-state index contributed by atoms with van der Waals surface area (Å²) in [5.74, 6) is -0.284. The minimum absolute atomic E-state index is 0.284. The van der Waals surface area contributed by atoms with Crippen molar-refractivity contribution in [3.05, 3.63) is 147 Å². The molecule has 6 rings (SSSR count). The summed E-state index contributed by atoms with van der Waals surface area (Å²) in [6.07, 6.45) is 4.50. The van der Waals surface area contributed by atoms with Gasteiger partial charge in [0.2, 0.25) is 0 Å². The molecule has 2 nitrogen and oxygen atoms in total. The summed E-state index contributed by atoms with van der Waals surface area (Å²) in [4.78, 5) is 13.4. The van der Waals surface area contributed by atoms with Gasteiger partial charge in [0, 0.05) is 9.89 Å². The van der Waals surface area contributed by atoms with Crippen LogP contribution in [0.15, 0.2) is 113 Å². The fourth-order valence-electron chi connectivity index (χ4n) is 5.73. The Morgan fingerprint density at radius 3 is 2.29 bits per heavy atom. The van der Waals surface area contributed by atoms with E-state index in [9.17, 15) is 4.79 Å². The van der Waals surface area contributed by atoms with Gasteiger partial charge in [-0.05, 0) is 71.3 Å². The molecule has 0 spiro atoms. The van der Waals surface area contributed by atoms with E-state index in [-0.39, 0.29) is 17.5 Å². The van der Waals surface area contributed by atoms with Crippen LogP contribution in [0.3, 0.4) is 0 Å². The van der Waals surface area contributed by atoms with E-state index < -0.39 is 0 Å². The van der Waals surface area contributed by atoms with Crippen molar-refractivity contribution in [2.75, 3.05) is 0 Å². The Bertz CT molecular complexity index is 1420. The van der Waals surface area contributed by atoms with E-state index in [0.717, 1.165) is 29.3 Å². The Morgan fingerprint density at radius 2 is 1.51 bits per heavy atom. The highest BCUT2D eigenvalue weighted by atomic mass is 79.9. The molecular weight excluding hydrogens is 496 g/mol. The van der Waals surface area contributed by atoms with Crippen molar-refractivity contribution in [1.29, 1.82) is 0 Å². The van der Waals surface area contributed by atoms with Crippen LogP contribution in [0.5, 0.6) is 0 Å². The first-order valence-corrected chi connectivity index (χ1v) is 12.8. The number of esters is 1. The van der Waals surface area contributed by atoms with Crippen LogP contribution in [-0.2, 0) is 24.0 Å². The van der Waals surface area contributed by atoms with Crippen LogP contribution in [0.4, 0.5) is 0 Å². The summed E-state index contributed by atoms with van der Waals surface area (Å²) in [5, 5.41) is 0. The van der Waals surface area contributed by atoms with Crippen LogP contribution in [0, 0.1) is 5.41 Å². The fourth-order valence-corrected chi connectivity index (χ4v) is 5.99. The Morgan fingerprint density at radius 1 is 0.829 bits per heavy atom. The van der Waals surface area contributed by atoms with Gasteiger partial charge in [-0.1, -0.05) is 106 Å². The molecule has 4 aromatic rings. The molecule has 2 atom stereocenters. The third kappa shape index (κ3) is 4.04. The number of hydrogen-bond acceptors (Lipinski definition) is 2.